The molecule has 3 nitrogen and oxygen atoms in total. The van der Waals surface area contributed by atoms with Crippen molar-refractivity contribution in [3.8, 4) is 0 Å². The molecule has 1 amide bonds. The van der Waals surface area contributed by atoms with Crippen molar-refractivity contribution >= 4 is 22.5 Å². The lowest BCUT2D eigenvalue weighted by Crippen LogP contribution is -2.35. The van der Waals surface area contributed by atoms with Gasteiger partial charge in [0.15, 0.2) is 0 Å². The van der Waals surface area contributed by atoms with Crippen LogP contribution in [0.4, 0.5) is 10.1 Å². The van der Waals surface area contributed by atoms with Crippen LogP contribution in [0.1, 0.15) is 30.5 Å². The molecule has 0 radical (unpaired) electrons. The summed E-state index contributed by atoms with van der Waals surface area (Å²) in [7, 11) is 0. The van der Waals surface area contributed by atoms with Crippen LogP contribution < -0.4 is 5.32 Å². The van der Waals surface area contributed by atoms with Gasteiger partial charge in [-0.15, -0.1) is 0 Å². The van der Waals surface area contributed by atoms with Crippen molar-refractivity contribution in [3.05, 3.63) is 65.1 Å². The molecule has 3 rings (SSSR count). The Morgan fingerprint density at radius 1 is 1.12 bits per heavy atom. The molecule has 0 aliphatic rings. The number of anilines is 1. The van der Waals surface area contributed by atoms with Crippen LogP contribution in [-0.4, -0.2) is 10.9 Å². The number of aromatic nitrogens is 1. The van der Waals surface area contributed by atoms with Gasteiger partial charge in [-0.3, -0.25) is 4.79 Å². The fraction of sp³-hybridized carbons (Fsp3) is 0.250. The smallest absolute Gasteiger partial charge is 0.234 e. The highest BCUT2D eigenvalue weighted by Gasteiger charge is 2.32. The lowest BCUT2D eigenvalue weighted by atomic mass is 9.83. The van der Waals surface area contributed by atoms with Gasteiger partial charge in [0.1, 0.15) is 5.82 Å². The van der Waals surface area contributed by atoms with Crippen molar-refractivity contribution in [1.82, 2.24) is 4.98 Å². The van der Waals surface area contributed by atoms with Crippen molar-refractivity contribution in [2.45, 2.75) is 33.1 Å². The van der Waals surface area contributed by atoms with E-state index in [9.17, 15) is 9.18 Å². The molecule has 2 N–H and O–H groups in total. The molecule has 0 unspecified atom stereocenters. The number of benzene rings is 2. The molecule has 0 saturated carbocycles. The zero-order valence-corrected chi connectivity index (χ0v) is 14.3. The molecular weight excluding hydrogens is 303 g/mol. The first-order valence-corrected chi connectivity index (χ1v) is 7.95. The van der Waals surface area contributed by atoms with Crippen LogP contribution in [-0.2, 0) is 10.2 Å². The third kappa shape index (κ3) is 2.68. The average molecular weight is 324 g/mol. The van der Waals surface area contributed by atoms with Crippen LogP contribution in [0.2, 0.25) is 0 Å². The number of halogens is 1. The molecule has 0 atom stereocenters. The van der Waals surface area contributed by atoms with Crippen LogP contribution >= 0.6 is 0 Å². The van der Waals surface area contributed by atoms with Gasteiger partial charge in [-0.25, -0.2) is 4.39 Å². The van der Waals surface area contributed by atoms with Gasteiger partial charge in [-0.1, -0.05) is 18.2 Å². The molecule has 24 heavy (non-hydrogen) atoms. The lowest BCUT2D eigenvalue weighted by molar-refractivity contribution is -0.120. The number of hydrogen-bond donors (Lipinski definition) is 2. The number of para-hydroxylation sites is 1. The predicted molar refractivity (Wildman–Crippen MR) is 95.8 cm³/mol. The Kier molecular flexibility index (Phi) is 3.91. The molecule has 0 fully saturated rings. The Labute approximate surface area is 140 Å². The average Bonchev–Trinajstić information content (AvgIpc) is 2.94. The largest absolute Gasteiger partial charge is 0.361 e. The normalized spacial score (nSPS) is 11.7. The van der Waals surface area contributed by atoms with Crippen molar-refractivity contribution in [3.63, 3.8) is 0 Å². The van der Waals surface area contributed by atoms with E-state index in [0.29, 0.717) is 5.52 Å². The second-order valence-corrected chi connectivity index (χ2v) is 6.74. The number of carbonyl (C=O) groups is 1. The highest BCUT2D eigenvalue weighted by Crippen LogP contribution is 2.32. The SMILES string of the molecule is Cc1cccc(C)c1NC(=O)C(C)(C)c1c[nH]c2cc(F)ccc12. The first-order valence-electron chi connectivity index (χ1n) is 7.95. The van der Waals surface area contributed by atoms with Gasteiger partial charge < -0.3 is 10.3 Å². The molecule has 0 saturated heterocycles. The van der Waals surface area contributed by atoms with Crippen LogP contribution in [0, 0.1) is 19.7 Å². The van der Waals surface area contributed by atoms with E-state index >= 15 is 0 Å². The molecule has 3 aromatic rings. The van der Waals surface area contributed by atoms with Gasteiger partial charge in [0.2, 0.25) is 5.91 Å². The number of aromatic amines is 1. The van der Waals surface area contributed by atoms with Gasteiger partial charge in [0.05, 0.1) is 5.41 Å². The number of hydrogen-bond acceptors (Lipinski definition) is 1. The van der Waals surface area contributed by atoms with Crippen molar-refractivity contribution in [2.24, 2.45) is 0 Å². The Morgan fingerprint density at radius 2 is 1.79 bits per heavy atom. The summed E-state index contributed by atoms with van der Waals surface area (Å²) in [6, 6.07) is 10.5. The first kappa shape index (κ1) is 16.2. The van der Waals surface area contributed by atoms with Crippen molar-refractivity contribution in [1.29, 1.82) is 0 Å². The third-order valence-corrected chi connectivity index (χ3v) is 4.60. The molecular formula is C20H21FN2O. The second kappa shape index (κ2) is 5.78. The van der Waals surface area contributed by atoms with Crippen LogP contribution in [0.15, 0.2) is 42.6 Å². The van der Waals surface area contributed by atoms with Crippen LogP contribution in [0.3, 0.4) is 0 Å². The molecule has 124 valence electrons. The Hall–Kier alpha value is -2.62. The molecule has 0 spiro atoms. The van der Waals surface area contributed by atoms with E-state index in [0.717, 1.165) is 27.8 Å². The summed E-state index contributed by atoms with van der Waals surface area (Å²) in [5.41, 5.74) is 3.69. The van der Waals surface area contributed by atoms with Gasteiger partial charge in [-0.05, 0) is 62.6 Å². The summed E-state index contributed by atoms with van der Waals surface area (Å²) in [4.78, 5) is 16.0. The third-order valence-electron chi connectivity index (χ3n) is 4.60. The number of fused-ring (bicyclic) bond motifs is 1. The monoisotopic (exact) mass is 324 g/mol. The lowest BCUT2D eigenvalue weighted by Gasteiger charge is -2.24. The summed E-state index contributed by atoms with van der Waals surface area (Å²) >= 11 is 0. The zero-order valence-electron chi connectivity index (χ0n) is 14.3. The van der Waals surface area contributed by atoms with Gasteiger partial charge >= 0.3 is 0 Å². The quantitative estimate of drug-likeness (QED) is 0.711. The zero-order chi connectivity index (χ0) is 17.5. The number of rotatable bonds is 3. The fourth-order valence-electron chi connectivity index (χ4n) is 3.02. The summed E-state index contributed by atoms with van der Waals surface area (Å²) in [6.07, 6.45) is 1.79. The van der Waals surface area contributed by atoms with E-state index in [1.54, 1.807) is 12.3 Å². The van der Waals surface area contributed by atoms with E-state index in [-0.39, 0.29) is 11.7 Å². The van der Waals surface area contributed by atoms with E-state index in [1.165, 1.54) is 12.1 Å². The second-order valence-electron chi connectivity index (χ2n) is 6.74. The van der Waals surface area contributed by atoms with E-state index < -0.39 is 5.41 Å². The minimum Gasteiger partial charge on any atom is -0.361 e. The molecule has 0 aliphatic carbocycles. The highest BCUT2D eigenvalue weighted by atomic mass is 19.1. The first-order chi connectivity index (χ1) is 11.3. The Balaban J connectivity index is 1.98. The molecule has 1 heterocycles. The van der Waals surface area contributed by atoms with Crippen molar-refractivity contribution in [2.75, 3.05) is 5.32 Å². The summed E-state index contributed by atoms with van der Waals surface area (Å²) in [6.45, 7) is 7.71. The summed E-state index contributed by atoms with van der Waals surface area (Å²) in [5.74, 6) is -0.390. The minimum absolute atomic E-state index is 0.0925. The van der Waals surface area contributed by atoms with Crippen molar-refractivity contribution < 1.29 is 9.18 Å². The van der Waals surface area contributed by atoms with E-state index in [4.69, 9.17) is 0 Å². The maximum absolute atomic E-state index is 13.4. The van der Waals surface area contributed by atoms with Gasteiger partial charge in [-0.2, -0.15) is 0 Å². The predicted octanol–water partition coefficient (Wildman–Crippen LogP) is 4.84. The number of H-pyrrole nitrogens is 1. The molecule has 2 aromatic carbocycles. The van der Waals surface area contributed by atoms with E-state index in [2.05, 4.69) is 10.3 Å². The van der Waals surface area contributed by atoms with E-state index in [1.807, 2.05) is 45.9 Å². The standard InChI is InChI=1S/C20H21FN2O/c1-12-6-5-7-13(2)18(12)23-19(24)20(3,4)16-11-22-17-10-14(21)8-9-15(16)17/h5-11,22H,1-4H3,(H,23,24). The number of nitrogens with one attached hydrogen (secondary N) is 2. The van der Waals surface area contributed by atoms with Crippen LogP contribution in [0.5, 0.6) is 0 Å². The highest BCUT2D eigenvalue weighted by molar-refractivity contribution is 6.02. The number of carbonyl (C=O) groups excluding carboxylic acids is 1. The number of aryl methyl sites for hydroxylation is 2. The summed E-state index contributed by atoms with van der Waals surface area (Å²) < 4.78 is 13.4. The maximum atomic E-state index is 13.4. The topological polar surface area (TPSA) is 44.9 Å². The van der Waals surface area contributed by atoms with Gasteiger partial charge in [0, 0.05) is 22.8 Å². The van der Waals surface area contributed by atoms with Gasteiger partial charge in [0.25, 0.3) is 0 Å². The molecule has 0 bridgehead atoms. The minimum atomic E-state index is -0.759. The molecule has 1 aromatic heterocycles. The van der Waals surface area contributed by atoms with Crippen LogP contribution in [0.25, 0.3) is 10.9 Å². The maximum Gasteiger partial charge on any atom is 0.234 e. The number of amides is 1. The molecule has 0 aliphatic heterocycles. The Morgan fingerprint density at radius 3 is 2.46 bits per heavy atom. The molecule has 4 heteroatoms. The Bertz CT molecular complexity index is 904. The fourth-order valence-corrected chi connectivity index (χ4v) is 3.02. The summed E-state index contributed by atoms with van der Waals surface area (Å²) in [5, 5.41) is 3.92.